The van der Waals surface area contributed by atoms with Gasteiger partial charge in [-0.05, 0) is 67.7 Å². The molecular formula is C29H29N3O9. The smallest absolute Gasteiger partial charge is 0.250 e. The molecule has 0 radical (unpaired) electrons. The van der Waals surface area contributed by atoms with Gasteiger partial charge >= 0.3 is 0 Å². The number of carbonyl (C=O) groups is 6. The first-order valence-corrected chi connectivity index (χ1v) is 13.0. The Morgan fingerprint density at radius 3 is 2.29 bits per heavy atom. The minimum absolute atomic E-state index is 0.0505. The van der Waals surface area contributed by atoms with Gasteiger partial charge in [0.25, 0.3) is 0 Å². The molecule has 0 aliphatic heterocycles. The Morgan fingerprint density at radius 2 is 1.71 bits per heavy atom. The van der Waals surface area contributed by atoms with Crippen molar-refractivity contribution in [3.8, 4) is 16.9 Å². The number of phenolic OH excluding ortho intramolecular Hbond substituents is 1. The fourth-order valence-electron chi connectivity index (χ4n) is 6.81. The summed E-state index contributed by atoms with van der Waals surface area (Å²) in [5.74, 6) is -11.6. The van der Waals surface area contributed by atoms with Crippen molar-refractivity contribution in [3.63, 3.8) is 0 Å². The third-order valence-corrected chi connectivity index (χ3v) is 8.57. The number of amides is 2. The highest BCUT2D eigenvalue weighted by Crippen LogP contribution is 2.51. The van der Waals surface area contributed by atoms with E-state index < -0.39 is 76.9 Å². The van der Waals surface area contributed by atoms with Crippen molar-refractivity contribution in [2.24, 2.45) is 29.4 Å². The standard InChI is InChI=1S/C29H29N3O9/c1-32(2)23-17-10-13-9-16-15(12-3-5-14(6-4-12)31-19(35)11-33)7-8-18(34)21(16)24(36)20(13)26(38)29(17,41)27(39)22(25(23)37)28(30)40/h3-8,13,17,20,22-23,33-34,41H,9-11H2,1-2H3,(H2,30,40)(H,31,35)/t13-,17-,20?,22?,23-,29-/m1/s1. The maximum absolute atomic E-state index is 13.9. The Hall–Kier alpha value is -4.26. The SMILES string of the molecule is CN(C)[C@H]1C(=O)C(C(N)=O)C(=O)[C@]2(O)C(=O)C3C(=O)c4c(O)ccc(-c5ccc(NC(=O)CO)cc5)c4C[C@@H]3C[C@H]12. The van der Waals surface area contributed by atoms with Crippen LogP contribution in [-0.4, -0.2) is 87.5 Å². The molecule has 6 N–H and O–H groups in total. The minimum atomic E-state index is -2.78. The second-order valence-corrected chi connectivity index (χ2v) is 11.1. The number of hydrogen-bond acceptors (Lipinski definition) is 10. The lowest BCUT2D eigenvalue weighted by molar-refractivity contribution is -0.181. The van der Waals surface area contributed by atoms with E-state index in [1.807, 2.05) is 0 Å². The molecule has 0 heterocycles. The number of nitrogens with one attached hydrogen (secondary N) is 1. The van der Waals surface area contributed by atoms with Gasteiger partial charge in [-0.3, -0.25) is 33.7 Å². The lowest BCUT2D eigenvalue weighted by atomic mass is 9.52. The van der Waals surface area contributed by atoms with Gasteiger partial charge in [0.2, 0.25) is 11.8 Å². The summed E-state index contributed by atoms with van der Waals surface area (Å²) in [6, 6.07) is 8.34. The van der Waals surface area contributed by atoms with Crippen molar-refractivity contribution >= 4 is 40.6 Å². The van der Waals surface area contributed by atoms with Crippen molar-refractivity contribution < 1.29 is 44.1 Å². The molecule has 214 valence electrons. The van der Waals surface area contributed by atoms with E-state index in [0.29, 0.717) is 22.4 Å². The minimum Gasteiger partial charge on any atom is -0.507 e. The number of rotatable bonds is 5. The number of Topliss-reactive ketones (excluding diaryl/α,β-unsaturated/α-hetero) is 4. The third-order valence-electron chi connectivity index (χ3n) is 8.57. The van der Waals surface area contributed by atoms with Crippen molar-refractivity contribution in [2.75, 3.05) is 26.0 Å². The first-order valence-electron chi connectivity index (χ1n) is 13.0. The second kappa shape index (κ2) is 9.98. The first kappa shape index (κ1) is 28.3. The molecule has 0 saturated heterocycles. The highest BCUT2D eigenvalue weighted by Gasteiger charge is 2.69. The number of fused-ring (bicyclic) bond motifs is 3. The van der Waals surface area contributed by atoms with Gasteiger partial charge in [0.15, 0.2) is 34.7 Å². The molecule has 2 aromatic rings. The first-order chi connectivity index (χ1) is 19.3. The average Bonchev–Trinajstić information content (AvgIpc) is 2.91. The average molecular weight is 564 g/mol. The van der Waals surface area contributed by atoms with Crippen LogP contribution in [0.5, 0.6) is 5.75 Å². The molecule has 41 heavy (non-hydrogen) atoms. The van der Waals surface area contributed by atoms with Crippen LogP contribution in [0.2, 0.25) is 0 Å². The molecule has 2 fully saturated rings. The predicted molar refractivity (Wildman–Crippen MR) is 143 cm³/mol. The van der Waals surface area contributed by atoms with Crippen molar-refractivity contribution in [2.45, 2.75) is 24.5 Å². The number of nitrogens with two attached hydrogens (primary N) is 1. The van der Waals surface area contributed by atoms with Crippen LogP contribution in [-0.2, 0) is 30.4 Å². The lowest BCUT2D eigenvalue weighted by Crippen LogP contribution is -2.74. The van der Waals surface area contributed by atoms with Crippen molar-refractivity contribution in [1.82, 2.24) is 4.90 Å². The summed E-state index contributed by atoms with van der Waals surface area (Å²) in [5.41, 5.74) is 4.59. The van der Waals surface area contributed by atoms with E-state index >= 15 is 0 Å². The molecule has 12 nitrogen and oxygen atoms in total. The van der Waals surface area contributed by atoms with Gasteiger partial charge in [0.05, 0.1) is 17.5 Å². The summed E-state index contributed by atoms with van der Waals surface area (Å²) in [7, 11) is 3.05. The zero-order valence-electron chi connectivity index (χ0n) is 22.3. The van der Waals surface area contributed by atoms with Gasteiger partial charge in [-0.25, -0.2) is 0 Å². The number of likely N-dealkylation sites (N-methyl/N-ethyl adjacent to an activating group) is 1. The van der Waals surface area contributed by atoms with Crippen LogP contribution < -0.4 is 11.1 Å². The Kier molecular flexibility index (Phi) is 6.88. The number of benzene rings is 2. The number of anilines is 1. The maximum Gasteiger partial charge on any atom is 0.250 e. The highest BCUT2D eigenvalue weighted by atomic mass is 16.3. The molecule has 0 bridgehead atoms. The number of primary amides is 1. The molecule has 3 aliphatic rings. The molecule has 12 heteroatoms. The molecule has 5 rings (SSSR count). The zero-order valence-corrected chi connectivity index (χ0v) is 22.3. The number of phenols is 1. The topological polar surface area (TPSA) is 204 Å². The third kappa shape index (κ3) is 4.17. The van der Waals surface area contributed by atoms with Crippen molar-refractivity contribution in [1.29, 1.82) is 0 Å². The molecule has 2 unspecified atom stereocenters. The van der Waals surface area contributed by atoms with Crippen LogP contribution >= 0.6 is 0 Å². The van der Waals surface area contributed by atoms with E-state index in [9.17, 15) is 39.0 Å². The summed E-state index contributed by atoms with van der Waals surface area (Å²) in [5, 5.41) is 33.8. The van der Waals surface area contributed by atoms with Gasteiger partial charge in [-0.2, -0.15) is 0 Å². The monoisotopic (exact) mass is 563 g/mol. The van der Waals surface area contributed by atoms with Crippen LogP contribution in [0.3, 0.4) is 0 Å². The van der Waals surface area contributed by atoms with Crippen LogP contribution in [0.25, 0.3) is 11.1 Å². The van der Waals surface area contributed by atoms with Crippen molar-refractivity contribution in [3.05, 3.63) is 47.5 Å². The summed E-state index contributed by atoms with van der Waals surface area (Å²) in [6.45, 7) is -0.679. The van der Waals surface area contributed by atoms with E-state index in [1.165, 1.54) is 25.1 Å². The van der Waals surface area contributed by atoms with Gasteiger partial charge in [-0.1, -0.05) is 18.2 Å². The van der Waals surface area contributed by atoms with E-state index in [0.717, 1.165) is 0 Å². The van der Waals surface area contributed by atoms with Crippen LogP contribution in [0.4, 0.5) is 5.69 Å². The Labute approximate surface area is 234 Å². The second-order valence-electron chi connectivity index (χ2n) is 11.1. The fraction of sp³-hybridized carbons (Fsp3) is 0.379. The molecule has 2 saturated carbocycles. The molecule has 6 atom stereocenters. The molecular weight excluding hydrogens is 534 g/mol. The molecule has 2 aromatic carbocycles. The number of aromatic hydroxyl groups is 1. The Bertz CT molecular complexity index is 1520. The highest BCUT2D eigenvalue weighted by molar-refractivity contribution is 6.32. The van der Waals surface area contributed by atoms with E-state index in [1.54, 1.807) is 30.3 Å². The van der Waals surface area contributed by atoms with Crippen LogP contribution in [0.1, 0.15) is 22.3 Å². The summed E-state index contributed by atoms with van der Waals surface area (Å²) in [4.78, 5) is 79.3. The number of aliphatic hydroxyl groups excluding tert-OH is 1. The lowest BCUT2D eigenvalue weighted by Gasteiger charge is -2.52. The number of carbonyl (C=O) groups excluding carboxylic acids is 6. The van der Waals surface area contributed by atoms with Crippen LogP contribution in [0.15, 0.2) is 36.4 Å². The fourth-order valence-corrected chi connectivity index (χ4v) is 6.81. The molecule has 0 aromatic heterocycles. The summed E-state index contributed by atoms with van der Waals surface area (Å²) in [6.07, 6.45) is 0.0731. The Morgan fingerprint density at radius 1 is 1.05 bits per heavy atom. The number of nitrogens with zero attached hydrogens (tertiary/aromatic N) is 1. The van der Waals surface area contributed by atoms with E-state index in [-0.39, 0.29) is 24.2 Å². The molecule has 2 amide bonds. The van der Waals surface area contributed by atoms with Gasteiger partial charge in [0.1, 0.15) is 12.4 Å². The summed E-state index contributed by atoms with van der Waals surface area (Å²) >= 11 is 0. The molecule has 3 aliphatic carbocycles. The van der Waals surface area contributed by atoms with Gasteiger partial charge < -0.3 is 26.4 Å². The number of ketones is 4. The largest absolute Gasteiger partial charge is 0.507 e. The van der Waals surface area contributed by atoms with Crippen LogP contribution in [0, 0.1) is 23.7 Å². The normalized spacial score (nSPS) is 29.0. The maximum atomic E-state index is 13.9. The van der Waals surface area contributed by atoms with Gasteiger partial charge in [0, 0.05) is 11.6 Å². The summed E-state index contributed by atoms with van der Waals surface area (Å²) < 4.78 is 0. The predicted octanol–water partition coefficient (Wildman–Crippen LogP) is -0.535. The quantitative estimate of drug-likeness (QED) is 0.294. The van der Waals surface area contributed by atoms with E-state index in [4.69, 9.17) is 10.8 Å². The van der Waals surface area contributed by atoms with Gasteiger partial charge in [-0.15, -0.1) is 0 Å². The number of aliphatic hydroxyl groups is 2. The molecule has 0 spiro atoms. The zero-order chi connectivity index (χ0) is 30.0. The number of hydrogen-bond donors (Lipinski definition) is 5. The van der Waals surface area contributed by atoms with E-state index in [2.05, 4.69) is 5.32 Å². The Balaban J connectivity index is 1.59.